The summed E-state index contributed by atoms with van der Waals surface area (Å²) in [6.45, 7) is 1.61. The average Bonchev–Trinajstić information content (AvgIpc) is 2.35. The van der Waals surface area contributed by atoms with Gasteiger partial charge in [0.2, 0.25) is 5.91 Å². The molecule has 1 saturated heterocycles. The van der Waals surface area contributed by atoms with Crippen LogP contribution < -0.4 is 12.4 Å². The van der Waals surface area contributed by atoms with Crippen LogP contribution in [0.1, 0.15) is 0 Å². The van der Waals surface area contributed by atoms with Crippen molar-refractivity contribution < 1.29 is 17.2 Å². The van der Waals surface area contributed by atoms with Crippen LogP contribution in [0.25, 0.3) is 0 Å². The van der Waals surface area contributed by atoms with E-state index in [-0.39, 0.29) is 18.3 Å². The second kappa shape index (κ2) is 2.80. The largest absolute Gasteiger partial charge is 1.00 e. The van der Waals surface area contributed by atoms with Gasteiger partial charge in [-0.1, -0.05) is 11.8 Å². The smallest absolute Gasteiger partial charge is 0.239 e. The summed E-state index contributed by atoms with van der Waals surface area (Å²) in [4.78, 5) is 16.8. The van der Waals surface area contributed by atoms with Crippen molar-refractivity contribution in [2.75, 3.05) is 18.8 Å². The molecule has 1 amide bonds. The molecular weight excluding hydrogens is 172 g/mol. The van der Waals surface area contributed by atoms with E-state index >= 15 is 0 Å². The number of hydrogen-bond acceptors (Lipinski definition) is 3. The molecule has 0 radical (unpaired) electrons. The predicted molar refractivity (Wildman–Crippen MR) is 36.5 cm³/mol. The molecule has 1 fully saturated rings. The molecule has 2 heterocycles. The van der Waals surface area contributed by atoms with E-state index in [0.29, 0.717) is 5.75 Å². The lowest BCUT2D eigenvalue weighted by atomic mass is 10.5. The number of thioether (sulfide) groups is 1. The molecular formula is C5H6ClN2OS-. The SMILES string of the molecule is O=C1CSC2=NCCN12.[Cl-]. The Bertz CT molecular complexity index is 194. The van der Waals surface area contributed by atoms with Crippen LogP contribution in [-0.2, 0) is 4.79 Å². The lowest BCUT2D eigenvalue weighted by Gasteiger charge is -2.04. The zero-order valence-corrected chi connectivity index (χ0v) is 6.78. The van der Waals surface area contributed by atoms with Crippen LogP contribution >= 0.6 is 11.8 Å². The molecule has 2 aliphatic rings. The highest BCUT2D eigenvalue weighted by Crippen LogP contribution is 2.21. The van der Waals surface area contributed by atoms with Gasteiger partial charge in [0.1, 0.15) is 0 Å². The van der Waals surface area contributed by atoms with E-state index in [1.807, 2.05) is 0 Å². The van der Waals surface area contributed by atoms with Gasteiger partial charge < -0.3 is 12.4 Å². The van der Waals surface area contributed by atoms with E-state index in [0.717, 1.165) is 18.3 Å². The van der Waals surface area contributed by atoms with E-state index < -0.39 is 0 Å². The summed E-state index contributed by atoms with van der Waals surface area (Å²) in [5.41, 5.74) is 0. The summed E-state index contributed by atoms with van der Waals surface area (Å²) in [6, 6.07) is 0. The molecule has 0 aliphatic carbocycles. The van der Waals surface area contributed by atoms with Gasteiger partial charge in [-0.05, 0) is 0 Å². The maximum atomic E-state index is 10.9. The van der Waals surface area contributed by atoms with Gasteiger partial charge >= 0.3 is 0 Å². The summed E-state index contributed by atoms with van der Waals surface area (Å²) < 4.78 is 0. The Balaban J connectivity index is 0.000000500. The first kappa shape index (κ1) is 7.88. The molecule has 0 N–H and O–H groups in total. The highest BCUT2D eigenvalue weighted by molar-refractivity contribution is 8.15. The fraction of sp³-hybridized carbons (Fsp3) is 0.600. The number of amides is 1. The van der Waals surface area contributed by atoms with Crippen molar-refractivity contribution >= 4 is 22.8 Å². The highest BCUT2D eigenvalue weighted by atomic mass is 35.5. The number of carbonyl (C=O) groups excluding carboxylic acids is 1. The third-order valence-electron chi connectivity index (χ3n) is 1.43. The number of hydrogen-bond donors (Lipinski definition) is 0. The molecule has 0 atom stereocenters. The third-order valence-corrected chi connectivity index (χ3v) is 2.43. The van der Waals surface area contributed by atoms with Gasteiger partial charge in [0.05, 0.1) is 12.3 Å². The Morgan fingerprint density at radius 3 is 3.10 bits per heavy atom. The number of rotatable bonds is 0. The lowest BCUT2D eigenvalue weighted by Crippen LogP contribution is -3.00. The molecule has 10 heavy (non-hydrogen) atoms. The van der Waals surface area contributed by atoms with E-state index in [1.54, 1.807) is 16.7 Å². The third kappa shape index (κ3) is 1.01. The fourth-order valence-electron chi connectivity index (χ4n) is 0.986. The van der Waals surface area contributed by atoms with Gasteiger partial charge in [-0.2, -0.15) is 0 Å². The Hall–Kier alpha value is -0.220. The molecule has 56 valence electrons. The topological polar surface area (TPSA) is 32.7 Å². The number of amidine groups is 1. The molecule has 0 aromatic carbocycles. The number of fused-ring (bicyclic) bond motifs is 1. The quantitative estimate of drug-likeness (QED) is 0.394. The molecule has 2 aliphatic heterocycles. The van der Waals surface area contributed by atoms with Crippen molar-refractivity contribution in [1.29, 1.82) is 0 Å². The molecule has 5 heteroatoms. The van der Waals surface area contributed by atoms with Crippen LogP contribution in [0.4, 0.5) is 0 Å². The fourth-order valence-corrected chi connectivity index (χ4v) is 1.93. The number of carbonyl (C=O) groups is 1. The predicted octanol–water partition coefficient (Wildman–Crippen LogP) is -3.06. The van der Waals surface area contributed by atoms with Crippen LogP contribution in [0.15, 0.2) is 4.99 Å². The number of halogens is 1. The van der Waals surface area contributed by atoms with E-state index in [9.17, 15) is 4.79 Å². The molecule has 0 aromatic rings. The van der Waals surface area contributed by atoms with Crippen LogP contribution in [0, 0.1) is 0 Å². The summed E-state index contributed by atoms with van der Waals surface area (Å²) in [5.74, 6) is 0.815. The first-order chi connectivity index (χ1) is 4.38. The lowest BCUT2D eigenvalue weighted by molar-refractivity contribution is -0.123. The molecule has 0 spiro atoms. The first-order valence-electron chi connectivity index (χ1n) is 2.85. The molecule has 0 saturated carbocycles. The summed E-state index contributed by atoms with van der Waals surface area (Å²) >= 11 is 1.55. The Labute approximate surface area is 69.3 Å². The van der Waals surface area contributed by atoms with Crippen molar-refractivity contribution in [2.24, 2.45) is 4.99 Å². The second-order valence-electron chi connectivity index (χ2n) is 2.00. The van der Waals surface area contributed by atoms with Crippen molar-refractivity contribution in [2.45, 2.75) is 0 Å². The van der Waals surface area contributed by atoms with Gasteiger partial charge in [0.25, 0.3) is 0 Å². The maximum absolute atomic E-state index is 10.9. The Morgan fingerprint density at radius 2 is 2.40 bits per heavy atom. The van der Waals surface area contributed by atoms with Gasteiger partial charge in [-0.3, -0.25) is 14.7 Å². The van der Waals surface area contributed by atoms with Gasteiger partial charge in [-0.15, -0.1) is 0 Å². The summed E-state index contributed by atoms with van der Waals surface area (Å²) in [6.07, 6.45) is 0. The van der Waals surface area contributed by atoms with Gasteiger partial charge in [-0.25, -0.2) is 0 Å². The highest BCUT2D eigenvalue weighted by Gasteiger charge is 2.30. The molecule has 2 rings (SSSR count). The van der Waals surface area contributed by atoms with Crippen LogP contribution in [0.5, 0.6) is 0 Å². The van der Waals surface area contributed by atoms with Crippen molar-refractivity contribution in [3.8, 4) is 0 Å². The average molecular weight is 178 g/mol. The Kier molecular flexibility index (Phi) is 2.21. The van der Waals surface area contributed by atoms with Gasteiger partial charge in [0, 0.05) is 6.54 Å². The summed E-state index contributed by atoms with van der Waals surface area (Å²) in [7, 11) is 0. The van der Waals surface area contributed by atoms with Crippen LogP contribution in [-0.4, -0.2) is 34.8 Å². The first-order valence-corrected chi connectivity index (χ1v) is 3.84. The normalized spacial score (nSPS) is 22.2. The second-order valence-corrected chi connectivity index (χ2v) is 2.94. The monoisotopic (exact) mass is 177 g/mol. The maximum Gasteiger partial charge on any atom is 0.239 e. The summed E-state index contributed by atoms with van der Waals surface area (Å²) in [5, 5.41) is 0.931. The molecule has 0 aromatic heterocycles. The molecule has 0 unspecified atom stereocenters. The Morgan fingerprint density at radius 1 is 1.60 bits per heavy atom. The van der Waals surface area contributed by atoms with Crippen molar-refractivity contribution in [1.82, 2.24) is 4.90 Å². The zero-order valence-electron chi connectivity index (χ0n) is 5.21. The van der Waals surface area contributed by atoms with Crippen molar-refractivity contribution in [3.63, 3.8) is 0 Å². The van der Waals surface area contributed by atoms with Gasteiger partial charge in [0.15, 0.2) is 5.17 Å². The van der Waals surface area contributed by atoms with Crippen LogP contribution in [0.3, 0.4) is 0 Å². The minimum absolute atomic E-state index is 0. The van der Waals surface area contributed by atoms with E-state index in [1.165, 1.54) is 0 Å². The van der Waals surface area contributed by atoms with E-state index in [4.69, 9.17) is 0 Å². The minimum atomic E-state index is 0. The van der Waals surface area contributed by atoms with E-state index in [2.05, 4.69) is 4.99 Å². The standard InChI is InChI=1S/C5H6N2OS.ClH/c8-4-3-9-5-6-1-2-7(4)5;/h1-3H2;1H/p-1. The van der Waals surface area contributed by atoms with Crippen molar-refractivity contribution in [3.05, 3.63) is 0 Å². The zero-order chi connectivity index (χ0) is 6.27. The minimum Gasteiger partial charge on any atom is -1.00 e. The van der Waals surface area contributed by atoms with Crippen LogP contribution in [0.2, 0.25) is 0 Å². The number of aliphatic imine (C=N–C) groups is 1. The molecule has 0 bridgehead atoms. The molecule has 3 nitrogen and oxygen atoms in total. The number of nitrogens with zero attached hydrogens (tertiary/aromatic N) is 2.